The summed E-state index contributed by atoms with van der Waals surface area (Å²) in [7, 11) is 3.26. The van der Waals surface area contributed by atoms with E-state index in [4.69, 9.17) is 11.6 Å². The van der Waals surface area contributed by atoms with Crippen LogP contribution in [0.15, 0.2) is 30.3 Å². The summed E-state index contributed by atoms with van der Waals surface area (Å²) in [5.74, 6) is -0.449. The fraction of sp³-hybridized carbons (Fsp3) is 0.286. The third-order valence-corrected chi connectivity index (χ3v) is 4.39. The molecule has 0 fully saturated rings. The van der Waals surface area contributed by atoms with E-state index in [1.165, 1.54) is 24.0 Å². The SMILES string of the molecule is COC(=O)c1sc(N(C)CCc2ccccc2)nc1Cl. The number of hydrogen-bond acceptors (Lipinski definition) is 5. The van der Waals surface area contributed by atoms with Crippen LogP contribution < -0.4 is 4.90 Å². The minimum absolute atomic E-state index is 0.198. The quantitative estimate of drug-likeness (QED) is 0.795. The molecule has 4 nitrogen and oxygen atoms in total. The van der Waals surface area contributed by atoms with E-state index in [1.807, 2.05) is 30.1 Å². The molecular formula is C14H15ClN2O2S. The van der Waals surface area contributed by atoms with Crippen molar-refractivity contribution in [2.75, 3.05) is 25.6 Å². The monoisotopic (exact) mass is 310 g/mol. The average Bonchev–Trinajstić information content (AvgIpc) is 2.87. The van der Waals surface area contributed by atoms with Crippen molar-refractivity contribution in [3.05, 3.63) is 45.9 Å². The number of likely N-dealkylation sites (N-methyl/N-ethyl adjacent to an activating group) is 1. The van der Waals surface area contributed by atoms with E-state index < -0.39 is 5.97 Å². The fourth-order valence-corrected chi connectivity index (χ4v) is 2.90. The molecule has 0 amide bonds. The molecule has 0 spiro atoms. The van der Waals surface area contributed by atoms with Crippen LogP contribution in [0.5, 0.6) is 0 Å². The van der Waals surface area contributed by atoms with Gasteiger partial charge in [0.1, 0.15) is 0 Å². The molecule has 106 valence electrons. The lowest BCUT2D eigenvalue weighted by atomic mass is 10.1. The number of carbonyl (C=O) groups excluding carboxylic acids is 1. The molecule has 1 heterocycles. The molecule has 0 aliphatic carbocycles. The summed E-state index contributed by atoms with van der Waals surface area (Å²) >= 11 is 7.20. The minimum atomic E-state index is -0.449. The van der Waals surface area contributed by atoms with E-state index in [1.54, 1.807) is 0 Å². The third kappa shape index (κ3) is 3.49. The van der Waals surface area contributed by atoms with Crippen molar-refractivity contribution in [1.29, 1.82) is 0 Å². The van der Waals surface area contributed by atoms with Crippen molar-refractivity contribution in [2.24, 2.45) is 0 Å². The maximum absolute atomic E-state index is 11.5. The van der Waals surface area contributed by atoms with Crippen molar-refractivity contribution >= 4 is 34.0 Å². The molecule has 1 aromatic heterocycles. The van der Waals surface area contributed by atoms with Crippen LogP contribution in [0.25, 0.3) is 0 Å². The van der Waals surface area contributed by atoms with Gasteiger partial charge < -0.3 is 9.64 Å². The molecular weight excluding hydrogens is 296 g/mol. The number of halogens is 1. The second-order valence-corrected chi connectivity index (χ2v) is 5.60. The topological polar surface area (TPSA) is 42.4 Å². The van der Waals surface area contributed by atoms with Crippen molar-refractivity contribution in [3.63, 3.8) is 0 Å². The predicted octanol–water partition coefficient (Wildman–Crippen LogP) is 3.26. The van der Waals surface area contributed by atoms with Gasteiger partial charge in [-0.05, 0) is 12.0 Å². The lowest BCUT2D eigenvalue weighted by Crippen LogP contribution is -2.19. The Labute approximate surface area is 127 Å². The molecule has 0 aliphatic rings. The van der Waals surface area contributed by atoms with Gasteiger partial charge in [0.05, 0.1) is 7.11 Å². The summed E-state index contributed by atoms with van der Waals surface area (Å²) in [6.07, 6.45) is 0.905. The summed E-state index contributed by atoms with van der Waals surface area (Å²) in [6, 6.07) is 10.2. The molecule has 2 aromatic rings. The van der Waals surface area contributed by atoms with Crippen molar-refractivity contribution in [1.82, 2.24) is 4.98 Å². The number of rotatable bonds is 5. The molecule has 2 rings (SSSR count). The number of anilines is 1. The van der Waals surface area contributed by atoms with Crippen LogP contribution in [-0.2, 0) is 11.2 Å². The Morgan fingerprint density at radius 3 is 2.75 bits per heavy atom. The molecule has 0 unspecified atom stereocenters. The Bertz CT molecular complexity index is 586. The second-order valence-electron chi connectivity index (χ2n) is 4.27. The van der Waals surface area contributed by atoms with E-state index in [-0.39, 0.29) is 5.15 Å². The van der Waals surface area contributed by atoms with Gasteiger partial charge in [-0.15, -0.1) is 0 Å². The predicted molar refractivity (Wildman–Crippen MR) is 81.9 cm³/mol. The molecule has 6 heteroatoms. The van der Waals surface area contributed by atoms with Gasteiger partial charge in [0, 0.05) is 13.6 Å². The van der Waals surface area contributed by atoms with Gasteiger partial charge in [0.2, 0.25) is 0 Å². The highest BCUT2D eigenvalue weighted by molar-refractivity contribution is 7.18. The minimum Gasteiger partial charge on any atom is -0.465 e. The first-order valence-electron chi connectivity index (χ1n) is 6.11. The average molecular weight is 311 g/mol. The number of benzene rings is 1. The number of carbonyl (C=O) groups is 1. The zero-order valence-electron chi connectivity index (χ0n) is 11.3. The van der Waals surface area contributed by atoms with Gasteiger partial charge in [-0.2, -0.15) is 0 Å². The zero-order valence-corrected chi connectivity index (χ0v) is 12.9. The number of esters is 1. The summed E-state index contributed by atoms with van der Waals surface area (Å²) < 4.78 is 4.67. The molecule has 0 saturated carbocycles. The first-order chi connectivity index (χ1) is 9.61. The van der Waals surface area contributed by atoms with Crippen LogP contribution in [0.4, 0.5) is 5.13 Å². The Morgan fingerprint density at radius 1 is 1.40 bits per heavy atom. The van der Waals surface area contributed by atoms with Crippen LogP contribution in [0.2, 0.25) is 5.15 Å². The number of hydrogen-bond donors (Lipinski definition) is 0. The largest absolute Gasteiger partial charge is 0.465 e. The standard InChI is InChI=1S/C14H15ClN2O2S/c1-17(9-8-10-6-4-3-5-7-10)14-16-12(15)11(20-14)13(18)19-2/h3-7H,8-9H2,1-2H3. The Morgan fingerprint density at radius 2 is 2.10 bits per heavy atom. The second kappa shape index (κ2) is 6.72. The van der Waals surface area contributed by atoms with E-state index in [2.05, 4.69) is 21.9 Å². The van der Waals surface area contributed by atoms with Gasteiger partial charge in [-0.3, -0.25) is 0 Å². The maximum atomic E-state index is 11.5. The summed E-state index contributed by atoms with van der Waals surface area (Å²) in [5, 5.41) is 0.912. The first-order valence-corrected chi connectivity index (χ1v) is 7.31. The normalized spacial score (nSPS) is 10.3. The molecule has 1 aromatic carbocycles. The van der Waals surface area contributed by atoms with Crippen LogP contribution in [0.1, 0.15) is 15.2 Å². The fourth-order valence-electron chi connectivity index (χ4n) is 1.71. The smallest absolute Gasteiger partial charge is 0.351 e. The highest BCUT2D eigenvalue weighted by atomic mass is 35.5. The van der Waals surface area contributed by atoms with Crippen molar-refractivity contribution in [2.45, 2.75) is 6.42 Å². The first kappa shape index (κ1) is 14.8. The molecule has 20 heavy (non-hydrogen) atoms. The Hall–Kier alpha value is -1.59. The van der Waals surface area contributed by atoms with Gasteiger partial charge in [-0.1, -0.05) is 53.3 Å². The number of ether oxygens (including phenoxy) is 1. The lowest BCUT2D eigenvalue weighted by Gasteiger charge is -2.15. The molecule has 0 aliphatic heterocycles. The summed E-state index contributed by atoms with van der Waals surface area (Å²) in [5.41, 5.74) is 1.26. The van der Waals surface area contributed by atoms with Gasteiger partial charge in [0.15, 0.2) is 15.2 Å². The highest BCUT2D eigenvalue weighted by Crippen LogP contribution is 2.29. The molecule has 0 atom stereocenters. The molecule has 0 bridgehead atoms. The molecule has 0 radical (unpaired) electrons. The molecule has 0 saturated heterocycles. The van der Waals surface area contributed by atoms with Crippen molar-refractivity contribution in [3.8, 4) is 0 Å². The van der Waals surface area contributed by atoms with E-state index in [0.717, 1.165) is 13.0 Å². The van der Waals surface area contributed by atoms with E-state index in [0.29, 0.717) is 10.0 Å². The number of nitrogens with zero attached hydrogens (tertiary/aromatic N) is 2. The van der Waals surface area contributed by atoms with E-state index >= 15 is 0 Å². The van der Waals surface area contributed by atoms with Gasteiger partial charge in [-0.25, -0.2) is 9.78 Å². The number of thiazole rings is 1. The summed E-state index contributed by atoms with van der Waals surface area (Å²) in [4.78, 5) is 18.0. The summed E-state index contributed by atoms with van der Waals surface area (Å²) in [6.45, 7) is 0.800. The van der Waals surface area contributed by atoms with Gasteiger partial charge >= 0.3 is 5.97 Å². The number of aromatic nitrogens is 1. The number of methoxy groups -OCH3 is 1. The van der Waals surface area contributed by atoms with Gasteiger partial charge in [0.25, 0.3) is 0 Å². The highest BCUT2D eigenvalue weighted by Gasteiger charge is 2.19. The van der Waals surface area contributed by atoms with Crippen LogP contribution in [0.3, 0.4) is 0 Å². The molecule has 0 N–H and O–H groups in total. The zero-order chi connectivity index (χ0) is 14.5. The van der Waals surface area contributed by atoms with E-state index in [9.17, 15) is 4.79 Å². The van der Waals surface area contributed by atoms with Crippen LogP contribution >= 0.6 is 22.9 Å². The third-order valence-electron chi connectivity index (χ3n) is 2.85. The Kier molecular flexibility index (Phi) is 4.98. The van der Waals surface area contributed by atoms with Crippen LogP contribution in [0, 0.1) is 0 Å². The maximum Gasteiger partial charge on any atom is 0.351 e. The lowest BCUT2D eigenvalue weighted by molar-refractivity contribution is 0.0606. The Balaban J connectivity index is 2.02. The van der Waals surface area contributed by atoms with Crippen LogP contribution in [-0.4, -0.2) is 31.7 Å². The van der Waals surface area contributed by atoms with Crippen molar-refractivity contribution < 1.29 is 9.53 Å².